The highest BCUT2D eigenvalue weighted by Crippen LogP contribution is 2.49. The Balaban J connectivity index is 1.60. The molecule has 188 valence electrons. The van der Waals surface area contributed by atoms with E-state index in [2.05, 4.69) is 21.2 Å². The van der Waals surface area contributed by atoms with Gasteiger partial charge in [0.25, 0.3) is 0 Å². The number of benzene rings is 2. The highest BCUT2D eigenvalue weighted by atomic mass is 79.9. The molecule has 0 saturated carbocycles. The maximum absolute atomic E-state index is 13.8. The van der Waals surface area contributed by atoms with Gasteiger partial charge in [-0.05, 0) is 68.5 Å². The number of nitrogens with one attached hydrogen (secondary N) is 1. The van der Waals surface area contributed by atoms with Crippen molar-refractivity contribution in [3.63, 3.8) is 0 Å². The third-order valence-corrected chi connectivity index (χ3v) is 7.47. The van der Waals surface area contributed by atoms with Gasteiger partial charge in [-0.2, -0.15) is 0 Å². The molecule has 36 heavy (non-hydrogen) atoms. The van der Waals surface area contributed by atoms with Gasteiger partial charge in [0.15, 0.2) is 17.3 Å². The average Bonchev–Trinajstić information content (AvgIpc) is 3.29. The molecule has 0 bridgehead atoms. The minimum absolute atomic E-state index is 0.00137. The van der Waals surface area contributed by atoms with Crippen molar-refractivity contribution in [3.8, 4) is 17.2 Å². The number of rotatable bonds is 5. The van der Waals surface area contributed by atoms with E-state index in [-0.39, 0.29) is 24.6 Å². The number of esters is 1. The monoisotopic (exact) mass is 553 g/mol. The molecule has 0 unspecified atom stereocenters. The second-order valence-electron chi connectivity index (χ2n) is 9.47. The minimum atomic E-state index is -0.597. The van der Waals surface area contributed by atoms with Crippen LogP contribution in [0.2, 0.25) is 0 Å². The summed E-state index contributed by atoms with van der Waals surface area (Å²) in [6.45, 7) is 5.61. The summed E-state index contributed by atoms with van der Waals surface area (Å²) < 4.78 is 22.8. The van der Waals surface area contributed by atoms with Gasteiger partial charge in [0.1, 0.15) is 5.75 Å². The SMILES string of the molecule is COc1ccc([C@@H]2CC(=O)C3=C(C2)NC(C)=C(C(=O)OC(C)C)[C@H]3c2cc3c(cc2Br)OCO3)cc1. The van der Waals surface area contributed by atoms with E-state index in [1.54, 1.807) is 7.11 Å². The normalized spacial score (nSPS) is 20.9. The van der Waals surface area contributed by atoms with Crippen molar-refractivity contribution in [2.75, 3.05) is 13.9 Å². The van der Waals surface area contributed by atoms with Crippen LogP contribution < -0.4 is 19.5 Å². The van der Waals surface area contributed by atoms with E-state index >= 15 is 0 Å². The van der Waals surface area contributed by atoms with E-state index < -0.39 is 11.9 Å². The number of dihydropyridines is 1. The van der Waals surface area contributed by atoms with Crippen molar-refractivity contribution in [2.24, 2.45) is 0 Å². The number of hydrogen-bond donors (Lipinski definition) is 1. The molecule has 2 aliphatic heterocycles. The summed E-state index contributed by atoms with van der Waals surface area (Å²) in [6.07, 6.45) is 0.697. The number of ketones is 1. The van der Waals surface area contributed by atoms with Gasteiger partial charge < -0.3 is 24.3 Å². The highest BCUT2D eigenvalue weighted by Gasteiger charge is 2.42. The number of carbonyl (C=O) groups is 2. The van der Waals surface area contributed by atoms with Crippen LogP contribution in [0.3, 0.4) is 0 Å². The molecule has 7 nitrogen and oxygen atoms in total. The zero-order valence-corrected chi connectivity index (χ0v) is 22.2. The summed E-state index contributed by atoms with van der Waals surface area (Å²) in [6, 6.07) is 11.5. The second-order valence-corrected chi connectivity index (χ2v) is 10.3. The Morgan fingerprint density at radius 2 is 1.81 bits per heavy atom. The molecule has 2 aromatic carbocycles. The lowest BCUT2D eigenvalue weighted by Crippen LogP contribution is -2.36. The topological polar surface area (TPSA) is 83.1 Å². The fourth-order valence-corrected chi connectivity index (χ4v) is 5.72. The lowest BCUT2D eigenvalue weighted by atomic mass is 9.71. The number of halogens is 1. The molecule has 0 aromatic heterocycles. The number of fused-ring (bicyclic) bond motifs is 1. The molecular weight excluding hydrogens is 526 g/mol. The first-order valence-electron chi connectivity index (χ1n) is 11.9. The molecule has 0 saturated heterocycles. The van der Waals surface area contributed by atoms with Crippen LogP contribution in [0.15, 0.2) is 63.4 Å². The molecule has 8 heteroatoms. The third-order valence-electron chi connectivity index (χ3n) is 6.78. The predicted octanol–water partition coefficient (Wildman–Crippen LogP) is 5.50. The molecule has 2 aromatic rings. The van der Waals surface area contributed by atoms with Gasteiger partial charge in [-0.1, -0.05) is 28.1 Å². The van der Waals surface area contributed by atoms with E-state index in [0.717, 1.165) is 27.0 Å². The van der Waals surface area contributed by atoms with E-state index in [1.807, 2.05) is 57.2 Å². The quantitative estimate of drug-likeness (QED) is 0.489. The molecule has 1 aliphatic carbocycles. The molecule has 0 fully saturated rings. The summed E-state index contributed by atoms with van der Waals surface area (Å²) in [4.78, 5) is 27.1. The van der Waals surface area contributed by atoms with Crippen LogP contribution in [-0.4, -0.2) is 31.8 Å². The van der Waals surface area contributed by atoms with E-state index in [4.69, 9.17) is 18.9 Å². The maximum atomic E-state index is 13.8. The molecule has 3 aliphatic rings. The Kier molecular flexibility index (Phi) is 6.55. The zero-order chi connectivity index (χ0) is 25.6. The summed E-state index contributed by atoms with van der Waals surface area (Å²) in [5, 5.41) is 3.39. The fourth-order valence-electron chi connectivity index (χ4n) is 5.16. The molecule has 2 heterocycles. The van der Waals surface area contributed by atoms with E-state index in [9.17, 15) is 9.59 Å². The fraction of sp³-hybridized carbons (Fsp3) is 0.357. The van der Waals surface area contributed by atoms with E-state index in [1.165, 1.54) is 0 Å². The van der Waals surface area contributed by atoms with Crippen LogP contribution in [0.25, 0.3) is 0 Å². The second kappa shape index (κ2) is 9.65. The van der Waals surface area contributed by atoms with Crippen LogP contribution in [0.4, 0.5) is 0 Å². The van der Waals surface area contributed by atoms with Gasteiger partial charge >= 0.3 is 5.97 Å². The van der Waals surface area contributed by atoms with Crippen molar-refractivity contribution in [3.05, 3.63) is 74.5 Å². The largest absolute Gasteiger partial charge is 0.497 e. The first kappa shape index (κ1) is 24.4. The maximum Gasteiger partial charge on any atom is 0.337 e. The van der Waals surface area contributed by atoms with Crippen molar-refractivity contribution in [1.29, 1.82) is 0 Å². The molecule has 5 rings (SSSR count). The standard InChI is InChI=1S/C28H28BrNO6/c1-14(2)36-28(32)25-15(3)30-21-9-17(16-5-7-18(33-4)8-6-16)10-22(31)27(21)26(25)19-11-23-24(12-20(19)29)35-13-34-23/h5-8,11-12,14,17,26,30H,9-10,13H2,1-4H3/t17-,26+/m0/s1. The Bertz CT molecular complexity index is 1290. The minimum Gasteiger partial charge on any atom is -0.497 e. The Hall–Kier alpha value is -3.26. The number of hydrogen-bond acceptors (Lipinski definition) is 7. The molecule has 0 amide bonds. The van der Waals surface area contributed by atoms with Crippen molar-refractivity contribution in [2.45, 2.75) is 51.6 Å². The molecule has 0 spiro atoms. The van der Waals surface area contributed by atoms with Gasteiger partial charge in [-0.15, -0.1) is 0 Å². The molecule has 0 radical (unpaired) electrons. The first-order chi connectivity index (χ1) is 17.3. The number of methoxy groups -OCH3 is 1. The lowest BCUT2D eigenvalue weighted by molar-refractivity contribution is -0.143. The van der Waals surface area contributed by atoms with Crippen LogP contribution in [-0.2, 0) is 14.3 Å². The molecular formula is C28H28BrNO6. The lowest BCUT2D eigenvalue weighted by Gasteiger charge is -2.37. The Morgan fingerprint density at radius 1 is 1.11 bits per heavy atom. The van der Waals surface area contributed by atoms with Crippen molar-refractivity contribution in [1.82, 2.24) is 5.32 Å². The third kappa shape index (κ3) is 4.39. The van der Waals surface area contributed by atoms with Crippen molar-refractivity contribution >= 4 is 27.7 Å². The van der Waals surface area contributed by atoms with Crippen LogP contribution in [0, 0.1) is 0 Å². The summed E-state index contributed by atoms with van der Waals surface area (Å²) in [5.74, 6) is 0.963. The van der Waals surface area contributed by atoms with Gasteiger partial charge in [0, 0.05) is 33.8 Å². The molecule has 2 atom stereocenters. The Labute approximate surface area is 218 Å². The number of Topliss-reactive ketones (excluding diaryl/α,β-unsaturated/α-hetero) is 1. The number of allylic oxidation sites excluding steroid dienone is 3. The van der Waals surface area contributed by atoms with Gasteiger partial charge in [-0.3, -0.25) is 4.79 Å². The summed E-state index contributed by atoms with van der Waals surface area (Å²) >= 11 is 3.66. The zero-order valence-electron chi connectivity index (χ0n) is 20.6. The number of carbonyl (C=O) groups excluding carboxylic acids is 2. The molecule has 1 N–H and O–H groups in total. The van der Waals surface area contributed by atoms with Crippen molar-refractivity contribution < 1.29 is 28.5 Å². The summed E-state index contributed by atoms with van der Waals surface area (Å²) in [7, 11) is 1.63. The van der Waals surface area contributed by atoms with Crippen LogP contribution >= 0.6 is 15.9 Å². The van der Waals surface area contributed by atoms with Crippen LogP contribution in [0.1, 0.15) is 56.6 Å². The van der Waals surface area contributed by atoms with Crippen LogP contribution in [0.5, 0.6) is 17.2 Å². The smallest absolute Gasteiger partial charge is 0.337 e. The first-order valence-corrected chi connectivity index (χ1v) is 12.7. The van der Waals surface area contributed by atoms with E-state index in [0.29, 0.717) is 41.2 Å². The van der Waals surface area contributed by atoms with Gasteiger partial charge in [0.05, 0.1) is 18.8 Å². The summed E-state index contributed by atoms with van der Waals surface area (Å²) in [5.41, 5.74) is 4.38. The predicted molar refractivity (Wildman–Crippen MR) is 137 cm³/mol. The average molecular weight is 554 g/mol. The number of ether oxygens (including phenoxy) is 4. The van der Waals surface area contributed by atoms with Gasteiger partial charge in [0.2, 0.25) is 6.79 Å². The van der Waals surface area contributed by atoms with Gasteiger partial charge in [-0.25, -0.2) is 4.79 Å². The highest BCUT2D eigenvalue weighted by molar-refractivity contribution is 9.10. The Morgan fingerprint density at radius 3 is 2.47 bits per heavy atom.